The van der Waals surface area contributed by atoms with Crippen molar-refractivity contribution in [3.63, 3.8) is 0 Å². The number of hydrogen-bond donors (Lipinski definition) is 1. The maximum absolute atomic E-state index is 12.2. The molecule has 19 heavy (non-hydrogen) atoms. The summed E-state index contributed by atoms with van der Waals surface area (Å²) < 4.78 is 3.91. The third-order valence-electron chi connectivity index (χ3n) is 3.07. The Kier molecular flexibility index (Phi) is 2.79. The SMILES string of the molecule is O=C(O)c1cc(C(=O)N2Cc3ccccc3C2)ns1. The molecular formula is C13H10N2O3S. The van der Waals surface area contributed by atoms with Crippen LogP contribution in [0.2, 0.25) is 0 Å². The highest BCUT2D eigenvalue weighted by Crippen LogP contribution is 2.24. The fraction of sp³-hybridized carbons (Fsp3) is 0.154. The predicted octanol–water partition coefficient (Wildman–Crippen LogP) is 2.00. The summed E-state index contributed by atoms with van der Waals surface area (Å²) in [6, 6.07) is 9.20. The zero-order valence-electron chi connectivity index (χ0n) is 9.87. The minimum absolute atomic E-state index is 0.0834. The van der Waals surface area contributed by atoms with Gasteiger partial charge in [-0.15, -0.1) is 0 Å². The van der Waals surface area contributed by atoms with Gasteiger partial charge in [-0.2, -0.15) is 4.37 Å². The predicted molar refractivity (Wildman–Crippen MR) is 69.1 cm³/mol. The maximum atomic E-state index is 12.2. The lowest BCUT2D eigenvalue weighted by Crippen LogP contribution is -2.25. The van der Waals surface area contributed by atoms with E-state index in [1.165, 1.54) is 6.07 Å². The van der Waals surface area contributed by atoms with Gasteiger partial charge >= 0.3 is 5.97 Å². The Bertz CT molecular complexity index is 640. The van der Waals surface area contributed by atoms with E-state index in [-0.39, 0.29) is 16.5 Å². The molecular weight excluding hydrogens is 264 g/mol. The molecule has 2 aromatic rings. The molecule has 0 unspecified atom stereocenters. The number of hydrogen-bond acceptors (Lipinski definition) is 4. The number of carboxylic acids is 1. The Morgan fingerprint density at radius 1 is 1.21 bits per heavy atom. The summed E-state index contributed by atoms with van der Waals surface area (Å²) in [5.41, 5.74) is 2.46. The van der Waals surface area contributed by atoms with Crippen LogP contribution in [-0.2, 0) is 13.1 Å². The summed E-state index contributed by atoms with van der Waals surface area (Å²) >= 11 is 0.832. The van der Waals surface area contributed by atoms with Gasteiger partial charge in [0, 0.05) is 13.1 Å². The summed E-state index contributed by atoms with van der Waals surface area (Å²) in [4.78, 5) is 24.8. The van der Waals surface area contributed by atoms with Crippen molar-refractivity contribution >= 4 is 23.4 Å². The van der Waals surface area contributed by atoms with Crippen LogP contribution in [0.15, 0.2) is 30.3 Å². The zero-order valence-corrected chi connectivity index (χ0v) is 10.7. The molecule has 0 spiro atoms. The van der Waals surface area contributed by atoms with Crippen LogP contribution in [0.4, 0.5) is 0 Å². The van der Waals surface area contributed by atoms with E-state index in [0.717, 1.165) is 22.7 Å². The molecule has 1 aromatic carbocycles. The van der Waals surface area contributed by atoms with Crippen LogP contribution in [0.5, 0.6) is 0 Å². The number of fused-ring (bicyclic) bond motifs is 1. The summed E-state index contributed by atoms with van der Waals surface area (Å²) in [6.45, 7) is 1.10. The van der Waals surface area contributed by atoms with Crippen LogP contribution >= 0.6 is 11.5 Å². The highest BCUT2D eigenvalue weighted by Gasteiger charge is 2.26. The zero-order chi connectivity index (χ0) is 13.4. The number of carbonyl (C=O) groups is 2. The van der Waals surface area contributed by atoms with E-state index >= 15 is 0 Å². The van der Waals surface area contributed by atoms with Gasteiger partial charge in [0.25, 0.3) is 5.91 Å². The highest BCUT2D eigenvalue weighted by atomic mass is 32.1. The molecule has 0 bridgehead atoms. The second-order valence-electron chi connectivity index (χ2n) is 4.31. The van der Waals surface area contributed by atoms with E-state index in [9.17, 15) is 9.59 Å². The van der Waals surface area contributed by atoms with Crippen LogP contribution in [0, 0.1) is 0 Å². The third-order valence-corrected chi connectivity index (χ3v) is 3.85. The van der Waals surface area contributed by atoms with E-state index in [1.54, 1.807) is 4.90 Å². The van der Waals surface area contributed by atoms with Crippen molar-refractivity contribution < 1.29 is 14.7 Å². The Hall–Kier alpha value is -2.21. The number of aromatic carboxylic acids is 1. The number of aromatic nitrogens is 1. The minimum Gasteiger partial charge on any atom is -0.477 e. The van der Waals surface area contributed by atoms with Crippen molar-refractivity contribution in [3.8, 4) is 0 Å². The van der Waals surface area contributed by atoms with Crippen LogP contribution in [0.1, 0.15) is 31.3 Å². The van der Waals surface area contributed by atoms with Gasteiger partial charge in [-0.05, 0) is 28.7 Å². The number of benzene rings is 1. The molecule has 0 aliphatic carbocycles. The molecule has 1 N–H and O–H groups in total. The first kappa shape index (κ1) is 11.9. The smallest absolute Gasteiger partial charge is 0.347 e. The normalized spacial score (nSPS) is 13.4. The van der Waals surface area contributed by atoms with E-state index in [1.807, 2.05) is 24.3 Å². The molecule has 96 valence electrons. The number of amides is 1. The molecule has 0 atom stereocenters. The van der Waals surface area contributed by atoms with Crippen molar-refractivity contribution in [1.82, 2.24) is 9.27 Å². The van der Waals surface area contributed by atoms with Gasteiger partial charge in [-0.25, -0.2) is 4.79 Å². The van der Waals surface area contributed by atoms with Gasteiger partial charge in [0.1, 0.15) is 10.6 Å². The van der Waals surface area contributed by atoms with E-state index in [4.69, 9.17) is 5.11 Å². The van der Waals surface area contributed by atoms with Crippen molar-refractivity contribution in [1.29, 1.82) is 0 Å². The van der Waals surface area contributed by atoms with Crippen molar-refractivity contribution in [2.45, 2.75) is 13.1 Å². The molecule has 3 rings (SSSR count). The van der Waals surface area contributed by atoms with Crippen LogP contribution in [-0.4, -0.2) is 26.3 Å². The Balaban J connectivity index is 1.81. The standard InChI is InChI=1S/C13H10N2O3S/c16-12(10-5-11(13(17)18)19-14-10)15-6-8-3-1-2-4-9(8)7-15/h1-5H,6-7H2,(H,17,18). The Morgan fingerprint density at radius 3 is 2.37 bits per heavy atom. The Labute approximate surface area is 113 Å². The van der Waals surface area contributed by atoms with E-state index in [0.29, 0.717) is 13.1 Å². The van der Waals surface area contributed by atoms with E-state index < -0.39 is 5.97 Å². The fourth-order valence-corrected chi connectivity index (χ4v) is 2.69. The average molecular weight is 274 g/mol. The van der Waals surface area contributed by atoms with Gasteiger partial charge < -0.3 is 10.0 Å². The minimum atomic E-state index is -1.05. The molecule has 1 amide bonds. The first-order valence-corrected chi connectivity index (χ1v) is 6.48. The maximum Gasteiger partial charge on any atom is 0.347 e. The molecule has 5 nitrogen and oxygen atoms in total. The van der Waals surface area contributed by atoms with Gasteiger partial charge in [0.15, 0.2) is 0 Å². The second kappa shape index (κ2) is 4.47. The average Bonchev–Trinajstić information content (AvgIpc) is 3.04. The molecule has 0 radical (unpaired) electrons. The molecule has 1 aliphatic rings. The number of nitrogens with zero attached hydrogens (tertiary/aromatic N) is 2. The molecule has 0 saturated heterocycles. The second-order valence-corrected chi connectivity index (χ2v) is 5.12. The lowest BCUT2D eigenvalue weighted by molar-refractivity contribution is 0.0702. The monoisotopic (exact) mass is 274 g/mol. The van der Waals surface area contributed by atoms with E-state index in [2.05, 4.69) is 4.37 Å². The summed E-state index contributed by atoms with van der Waals surface area (Å²) in [5.74, 6) is -1.28. The third kappa shape index (κ3) is 2.10. The topological polar surface area (TPSA) is 70.5 Å². The largest absolute Gasteiger partial charge is 0.477 e. The molecule has 0 saturated carbocycles. The molecule has 1 aliphatic heterocycles. The number of rotatable bonds is 2. The lowest BCUT2D eigenvalue weighted by Gasteiger charge is -2.13. The van der Waals surface area contributed by atoms with Gasteiger partial charge in [0.2, 0.25) is 0 Å². The summed E-state index contributed by atoms with van der Waals surface area (Å²) in [6.07, 6.45) is 0. The quantitative estimate of drug-likeness (QED) is 0.909. The van der Waals surface area contributed by atoms with Crippen molar-refractivity contribution in [2.24, 2.45) is 0 Å². The van der Waals surface area contributed by atoms with Crippen molar-refractivity contribution in [2.75, 3.05) is 0 Å². The highest BCUT2D eigenvalue weighted by molar-refractivity contribution is 7.08. The first-order valence-electron chi connectivity index (χ1n) is 5.71. The van der Waals surface area contributed by atoms with Gasteiger partial charge in [-0.1, -0.05) is 24.3 Å². The molecule has 6 heteroatoms. The lowest BCUT2D eigenvalue weighted by atomic mass is 10.1. The van der Waals surface area contributed by atoms with Crippen LogP contribution in [0.3, 0.4) is 0 Å². The van der Waals surface area contributed by atoms with Crippen LogP contribution < -0.4 is 0 Å². The molecule has 2 heterocycles. The van der Waals surface area contributed by atoms with Gasteiger partial charge in [-0.3, -0.25) is 4.79 Å². The summed E-state index contributed by atoms with van der Waals surface area (Å²) in [7, 11) is 0. The fourth-order valence-electron chi connectivity index (χ4n) is 2.12. The van der Waals surface area contributed by atoms with Crippen LogP contribution in [0.25, 0.3) is 0 Å². The number of carboxylic acid groups (broad SMARTS) is 1. The molecule has 1 aromatic heterocycles. The van der Waals surface area contributed by atoms with Crippen molar-refractivity contribution in [3.05, 3.63) is 52.0 Å². The number of carbonyl (C=O) groups excluding carboxylic acids is 1. The molecule has 0 fully saturated rings. The summed E-state index contributed by atoms with van der Waals surface area (Å²) in [5, 5.41) is 8.83. The first-order chi connectivity index (χ1) is 9.15. The Morgan fingerprint density at radius 2 is 1.84 bits per heavy atom. The van der Waals surface area contributed by atoms with Gasteiger partial charge in [0.05, 0.1) is 0 Å².